The Labute approximate surface area is 214 Å². The Morgan fingerprint density at radius 1 is 0.972 bits per heavy atom. The first-order chi connectivity index (χ1) is 17.7. The van der Waals surface area contributed by atoms with Crippen molar-refractivity contribution < 1.29 is 23.7 Å². The van der Waals surface area contributed by atoms with Gasteiger partial charge in [0.2, 0.25) is 0 Å². The zero-order valence-corrected chi connectivity index (χ0v) is 20.6. The number of methoxy groups -OCH3 is 1. The van der Waals surface area contributed by atoms with Gasteiger partial charge in [0.05, 0.1) is 26.4 Å². The van der Waals surface area contributed by atoms with Gasteiger partial charge in [-0.3, -0.25) is 0 Å². The predicted molar refractivity (Wildman–Crippen MR) is 135 cm³/mol. The molecular weight excluding hydrogens is 478 g/mol. The Morgan fingerprint density at radius 2 is 1.69 bits per heavy atom. The van der Waals surface area contributed by atoms with Crippen LogP contribution in [0.4, 0.5) is 0 Å². The summed E-state index contributed by atoms with van der Waals surface area (Å²) in [6.45, 7) is 0.653. The predicted octanol–water partition coefficient (Wildman–Crippen LogP) is 5.89. The Bertz CT molecular complexity index is 1160. The summed E-state index contributed by atoms with van der Waals surface area (Å²) in [5.41, 5.74) is 10.9. The maximum Gasteiger partial charge on any atom is 0.184 e. The van der Waals surface area contributed by atoms with E-state index in [-0.39, 0.29) is 6.10 Å². The second kappa shape index (κ2) is 11.8. The third-order valence-corrected chi connectivity index (χ3v) is 7.33. The van der Waals surface area contributed by atoms with E-state index in [4.69, 9.17) is 23.7 Å². The van der Waals surface area contributed by atoms with Gasteiger partial charge in [0.15, 0.2) is 6.29 Å². The van der Waals surface area contributed by atoms with Crippen molar-refractivity contribution in [1.29, 1.82) is 0 Å². The third-order valence-electron chi connectivity index (χ3n) is 6.16. The SMILES string of the molecule is COc1ccc(CO[C@@H]2C(N=[N+]=[N-])[C@H](Sc3ccccc3)OC3CO[C@H](c4ccccc4)O[C@@H]32)cc1. The lowest BCUT2D eigenvalue weighted by atomic mass is 9.97. The fourth-order valence-corrected chi connectivity index (χ4v) is 5.49. The normalized spacial score (nSPS) is 27.5. The Hall–Kier alpha value is -3.04. The monoisotopic (exact) mass is 505 g/mol. The molecule has 36 heavy (non-hydrogen) atoms. The summed E-state index contributed by atoms with van der Waals surface area (Å²) in [6.07, 6.45) is -1.96. The van der Waals surface area contributed by atoms with Crippen molar-refractivity contribution in [1.82, 2.24) is 0 Å². The third kappa shape index (κ3) is 5.68. The molecule has 8 nitrogen and oxygen atoms in total. The fourth-order valence-electron chi connectivity index (χ4n) is 4.36. The van der Waals surface area contributed by atoms with Crippen LogP contribution in [0.1, 0.15) is 17.4 Å². The molecule has 5 rings (SSSR count). The Kier molecular flexibility index (Phi) is 8.08. The highest BCUT2D eigenvalue weighted by molar-refractivity contribution is 7.99. The molecule has 9 heteroatoms. The first kappa shape index (κ1) is 24.6. The van der Waals surface area contributed by atoms with Crippen molar-refractivity contribution in [3.63, 3.8) is 0 Å². The molecule has 0 saturated carbocycles. The second-order valence-corrected chi connectivity index (χ2v) is 9.64. The average molecular weight is 506 g/mol. The van der Waals surface area contributed by atoms with Gasteiger partial charge in [-0.15, -0.1) is 0 Å². The molecular formula is C27H27N3O5S. The van der Waals surface area contributed by atoms with E-state index in [0.29, 0.717) is 13.2 Å². The number of benzene rings is 3. The van der Waals surface area contributed by atoms with Gasteiger partial charge in [0, 0.05) is 15.4 Å². The molecule has 0 bridgehead atoms. The Morgan fingerprint density at radius 3 is 2.39 bits per heavy atom. The molecule has 6 atom stereocenters. The summed E-state index contributed by atoms with van der Waals surface area (Å²) in [7, 11) is 1.63. The lowest BCUT2D eigenvalue weighted by Gasteiger charge is -2.48. The van der Waals surface area contributed by atoms with E-state index in [2.05, 4.69) is 10.0 Å². The summed E-state index contributed by atoms with van der Waals surface area (Å²) in [5.74, 6) is 0.773. The van der Waals surface area contributed by atoms with Crippen LogP contribution < -0.4 is 4.74 Å². The molecule has 0 radical (unpaired) electrons. The highest BCUT2D eigenvalue weighted by Crippen LogP contribution is 2.41. The maximum atomic E-state index is 9.45. The number of hydrogen-bond acceptors (Lipinski definition) is 7. The largest absolute Gasteiger partial charge is 0.497 e. The molecule has 2 fully saturated rings. The number of fused-ring (bicyclic) bond motifs is 1. The number of ether oxygens (including phenoxy) is 5. The minimum Gasteiger partial charge on any atom is -0.497 e. The number of rotatable bonds is 8. The topological polar surface area (TPSA) is 94.9 Å². The summed E-state index contributed by atoms with van der Waals surface area (Å²) in [5, 5.41) is 4.14. The van der Waals surface area contributed by atoms with E-state index in [1.807, 2.05) is 84.9 Å². The van der Waals surface area contributed by atoms with Gasteiger partial charge in [0.25, 0.3) is 0 Å². The van der Waals surface area contributed by atoms with Gasteiger partial charge < -0.3 is 23.7 Å². The molecule has 3 aromatic carbocycles. The minimum absolute atomic E-state index is 0.318. The van der Waals surface area contributed by atoms with Crippen molar-refractivity contribution in [2.75, 3.05) is 13.7 Å². The van der Waals surface area contributed by atoms with Crippen LogP contribution in [0.5, 0.6) is 5.75 Å². The smallest absolute Gasteiger partial charge is 0.184 e. The molecule has 2 unspecified atom stereocenters. The van der Waals surface area contributed by atoms with Crippen molar-refractivity contribution in [3.05, 3.63) is 106 Å². The fraction of sp³-hybridized carbons (Fsp3) is 0.333. The number of nitrogens with zero attached hydrogens (tertiary/aromatic N) is 3. The van der Waals surface area contributed by atoms with Crippen LogP contribution >= 0.6 is 11.8 Å². The number of thioether (sulfide) groups is 1. The lowest BCUT2D eigenvalue weighted by Crippen LogP contribution is -2.61. The molecule has 0 aromatic heterocycles. The summed E-state index contributed by atoms with van der Waals surface area (Å²) in [4.78, 5) is 4.15. The van der Waals surface area contributed by atoms with Crippen molar-refractivity contribution in [2.24, 2.45) is 5.11 Å². The maximum absolute atomic E-state index is 9.45. The standard InChI is InChI=1S/C27H27N3O5S/c1-31-20-14-12-18(13-15-20)16-32-25-23(29-30-28)27(36-21-10-6-3-7-11-21)34-22-17-33-26(35-24(22)25)19-8-4-2-5-9-19/h2-15,22-27H,16-17H2,1H3/t22?,23?,24-,25+,26-,27-/m0/s1. The van der Waals surface area contributed by atoms with Crippen LogP contribution in [0, 0.1) is 0 Å². The summed E-state index contributed by atoms with van der Waals surface area (Å²) >= 11 is 1.50. The Balaban J connectivity index is 1.41. The van der Waals surface area contributed by atoms with E-state index in [1.165, 1.54) is 11.8 Å². The van der Waals surface area contributed by atoms with Gasteiger partial charge in [-0.1, -0.05) is 77.5 Å². The van der Waals surface area contributed by atoms with Crippen molar-refractivity contribution in [2.45, 2.75) is 47.6 Å². The molecule has 0 N–H and O–H groups in total. The first-order valence-electron chi connectivity index (χ1n) is 11.7. The highest BCUT2D eigenvalue weighted by Gasteiger charge is 2.50. The van der Waals surface area contributed by atoms with Crippen LogP contribution in [0.3, 0.4) is 0 Å². The van der Waals surface area contributed by atoms with E-state index in [0.717, 1.165) is 21.8 Å². The molecule has 2 heterocycles. The van der Waals surface area contributed by atoms with E-state index >= 15 is 0 Å². The average Bonchev–Trinajstić information content (AvgIpc) is 2.94. The van der Waals surface area contributed by atoms with Crippen LogP contribution in [0.2, 0.25) is 0 Å². The number of hydrogen-bond donors (Lipinski definition) is 0. The lowest BCUT2D eigenvalue weighted by molar-refractivity contribution is -0.311. The summed E-state index contributed by atoms with van der Waals surface area (Å²) in [6, 6.07) is 26.7. The van der Waals surface area contributed by atoms with Crippen LogP contribution in [0.25, 0.3) is 10.4 Å². The summed E-state index contributed by atoms with van der Waals surface area (Å²) < 4.78 is 30.6. The number of azide groups is 1. The molecule has 2 aliphatic heterocycles. The van der Waals surface area contributed by atoms with Gasteiger partial charge in [0.1, 0.15) is 29.4 Å². The molecule has 2 aliphatic rings. The molecule has 2 saturated heterocycles. The molecule has 3 aromatic rings. The van der Waals surface area contributed by atoms with E-state index in [9.17, 15) is 5.53 Å². The van der Waals surface area contributed by atoms with Crippen LogP contribution in [0.15, 0.2) is 94.9 Å². The van der Waals surface area contributed by atoms with Crippen molar-refractivity contribution >= 4 is 11.8 Å². The van der Waals surface area contributed by atoms with Gasteiger partial charge in [-0.2, -0.15) is 0 Å². The van der Waals surface area contributed by atoms with Crippen LogP contribution in [-0.2, 0) is 25.6 Å². The first-order valence-corrected chi connectivity index (χ1v) is 12.6. The zero-order valence-electron chi connectivity index (χ0n) is 19.8. The molecule has 186 valence electrons. The van der Waals surface area contributed by atoms with Gasteiger partial charge >= 0.3 is 0 Å². The van der Waals surface area contributed by atoms with E-state index in [1.54, 1.807) is 7.11 Å². The van der Waals surface area contributed by atoms with Gasteiger partial charge in [-0.25, -0.2) is 0 Å². The van der Waals surface area contributed by atoms with Crippen molar-refractivity contribution in [3.8, 4) is 5.75 Å². The minimum atomic E-state index is -0.616. The highest BCUT2D eigenvalue weighted by atomic mass is 32.2. The van der Waals surface area contributed by atoms with E-state index < -0.39 is 30.0 Å². The molecule has 0 aliphatic carbocycles. The molecule has 0 amide bonds. The zero-order chi connectivity index (χ0) is 24.7. The van der Waals surface area contributed by atoms with Gasteiger partial charge in [-0.05, 0) is 35.4 Å². The molecule has 0 spiro atoms. The quantitative estimate of drug-likeness (QED) is 0.215. The van der Waals surface area contributed by atoms with Crippen LogP contribution in [-0.4, -0.2) is 43.5 Å². The second-order valence-electron chi connectivity index (χ2n) is 8.47.